The summed E-state index contributed by atoms with van der Waals surface area (Å²) in [6.45, 7) is 22.9. The molecule has 79 heavy (non-hydrogen) atoms. The minimum absolute atomic E-state index is 0.0756. The number of rotatable bonds is 22. The largest absolute Gasteiger partial charge is 0.493 e. The zero-order valence-corrected chi connectivity index (χ0v) is 49.7. The lowest BCUT2D eigenvalue weighted by atomic mass is 9.82. The molecule has 0 saturated carbocycles. The molecule has 5 aromatic carbocycles. The zero-order chi connectivity index (χ0) is 55.6. The van der Waals surface area contributed by atoms with Gasteiger partial charge < -0.3 is 10.0 Å². The fraction of sp³-hybridized carbons (Fsp3) is 0.361. The summed E-state index contributed by atoms with van der Waals surface area (Å²) in [7, 11) is 0. The van der Waals surface area contributed by atoms with E-state index in [4.69, 9.17) is 0 Å². The fourth-order valence-electron chi connectivity index (χ4n) is 12.7. The molecule has 8 aromatic rings. The first-order chi connectivity index (χ1) is 38.2. The summed E-state index contributed by atoms with van der Waals surface area (Å²) < 4.78 is 1.44. The Labute approximate surface area is 478 Å². The van der Waals surface area contributed by atoms with E-state index >= 15 is 0 Å². The molecule has 0 aliphatic heterocycles. The van der Waals surface area contributed by atoms with Gasteiger partial charge in [0.25, 0.3) is 5.56 Å². The molecule has 3 heterocycles. The van der Waals surface area contributed by atoms with Crippen LogP contribution in [0.1, 0.15) is 176 Å². The van der Waals surface area contributed by atoms with E-state index < -0.39 is 0 Å². The van der Waals surface area contributed by atoms with Gasteiger partial charge in [-0.2, -0.15) is 5.26 Å². The number of fused-ring (bicyclic) bond motifs is 6. The molecule has 3 aromatic heterocycles. The van der Waals surface area contributed by atoms with Crippen LogP contribution in [-0.2, 0) is 30.2 Å². The highest BCUT2D eigenvalue weighted by Crippen LogP contribution is 2.53. The van der Waals surface area contributed by atoms with Crippen LogP contribution in [0.2, 0.25) is 0 Å². The van der Waals surface area contributed by atoms with Gasteiger partial charge in [0, 0.05) is 64.4 Å². The van der Waals surface area contributed by atoms with Crippen LogP contribution < -0.4 is 20.9 Å². The van der Waals surface area contributed by atoms with E-state index in [1.165, 1.54) is 106 Å². The second-order valence-electron chi connectivity index (χ2n) is 23.4. The third kappa shape index (κ3) is 10.6. The van der Waals surface area contributed by atoms with E-state index in [2.05, 4.69) is 194 Å². The van der Waals surface area contributed by atoms with Crippen LogP contribution in [0.4, 0.5) is 17.1 Å². The van der Waals surface area contributed by atoms with Gasteiger partial charge in [0.2, 0.25) is 5.88 Å². The Morgan fingerprint density at radius 3 is 1.71 bits per heavy atom. The van der Waals surface area contributed by atoms with Gasteiger partial charge in [-0.05, 0) is 154 Å². The molecule has 0 fully saturated rings. The molecule has 5 nitrogen and oxygen atoms in total. The molecule has 0 bridgehead atoms. The third-order valence-corrected chi connectivity index (χ3v) is 20.0. The third-order valence-electron chi connectivity index (χ3n) is 17.5. The standard InChI is InChI=1S/C72H79N3O2S2/c1-10-14-17-19-26-50-40-66(78-65(50)44-59-47(5)60(45-73)70(77)74(69(59)76)46-48(13-4)25-16-12-3)67-41-51(27-20-18-15-11-2)68(79-67)49-32-34-52(35-33-49)75(53-36-38-57-55-28-21-23-30-61(55)71(6,7)63(57)42-53)54-37-39-58-56-29-22-24-31-62(56)72(8,9)64(58)43-54/h21-24,28-44,48,77H,5,10-20,25-27,46H2,1-4,6-9H3/b59-44-. The maximum Gasteiger partial charge on any atom is 0.261 e. The van der Waals surface area contributed by atoms with E-state index in [1.807, 2.05) is 17.4 Å². The number of benzene rings is 5. The van der Waals surface area contributed by atoms with Gasteiger partial charge >= 0.3 is 0 Å². The van der Waals surface area contributed by atoms with E-state index in [-0.39, 0.29) is 33.8 Å². The molecule has 1 unspecified atom stereocenters. The molecule has 1 atom stereocenters. The summed E-state index contributed by atoms with van der Waals surface area (Å²) in [6, 6.07) is 48.3. The maximum absolute atomic E-state index is 14.5. The molecule has 0 radical (unpaired) electrons. The predicted octanol–water partition coefficient (Wildman–Crippen LogP) is 18.7. The van der Waals surface area contributed by atoms with Gasteiger partial charge in [0.15, 0.2) is 0 Å². The average molecular weight is 1080 g/mol. The second kappa shape index (κ2) is 23.5. The number of thiophene rings is 2. The molecule has 2 aliphatic carbocycles. The average Bonchev–Trinajstić information content (AvgIpc) is 4.23. The molecular formula is C72H79N3O2S2. The summed E-state index contributed by atoms with van der Waals surface area (Å²) in [4.78, 5) is 21.7. The number of hydrogen-bond donors (Lipinski definition) is 1. The molecule has 10 rings (SSSR count). The SMILES string of the molecule is C=c1c(C#N)c(O)n(CC(CC)CCCC)c(=O)/c1=C\c1sc(-c2cc(CCCCCC)c(-c3ccc(N(c4ccc5c(c4)C(C)(C)c4ccccc4-5)c4ccc5c(c4)C(C)(C)c4ccccc4-5)cc3)s2)cc1CCCCCC. The Morgan fingerprint density at radius 1 is 0.633 bits per heavy atom. The van der Waals surface area contributed by atoms with Crippen molar-refractivity contribution in [2.45, 2.75) is 163 Å². The van der Waals surface area contributed by atoms with Gasteiger partial charge in [-0.1, -0.05) is 193 Å². The molecule has 2 aliphatic rings. The van der Waals surface area contributed by atoms with E-state index in [1.54, 1.807) is 11.3 Å². The number of pyridine rings is 1. The Hall–Kier alpha value is -6.72. The Morgan fingerprint density at radius 2 is 1.15 bits per heavy atom. The summed E-state index contributed by atoms with van der Waals surface area (Å²) >= 11 is 3.60. The highest BCUT2D eigenvalue weighted by molar-refractivity contribution is 7.24. The number of aromatic hydroxyl groups is 1. The number of nitrogens with zero attached hydrogens (tertiary/aromatic N) is 3. The number of nitriles is 1. The van der Waals surface area contributed by atoms with Crippen molar-refractivity contribution in [1.29, 1.82) is 5.26 Å². The first-order valence-corrected chi connectivity index (χ1v) is 31.1. The Kier molecular flexibility index (Phi) is 16.6. The van der Waals surface area contributed by atoms with Gasteiger partial charge in [-0.3, -0.25) is 9.36 Å². The number of aromatic nitrogens is 1. The Balaban J connectivity index is 1.07. The van der Waals surface area contributed by atoms with Crippen LogP contribution in [0.5, 0.6) is 5.88 Å². The van der Waals surface area contributed by atoms with Crippen LogP contribution in [0.25, 0.3) is 55.1 Å². The normalized spacial score (nSPS) is 14.2. The maximum atomic E-state index is 14.5. The number of aryl methyl sites for hydroxylation is 2. The topological polar surface area (TPSA) is 69.3 Å². The molecule has 0 amide bonds. The van der Waals surface area contributed by atoms with E-state index in [0.29, 0.717) is 17.0 Å². The van der Waals surface area contributed by atoms with Gasteiger partial charge in [-0.15, -0.1) is 22.7 Å². The Bertz CT molecular complexity index is 3640. The van der Waals surface area contributed by atoms with Crippen LogP contribution in [-0.4, -0.2) is 9.67 Å². The first kappa shape index (κ1) is 55.6. The highest BCUT2D eigenvalue weighted by Gasteiger charge is 2.38. The molecule has 0 spiro atoms. The lowest BCUT2D eigenvalue weighted by Gasteiger charge is -2.30. The van der Waals surface area contributed by atoms with Crippen LogP contribution in [0.15, 0.2) is 126 Å². The summed E-state index contributed by atoms with van der Waals surface area (Å²) in [6.07, 6.45) is 17.1. The van der Waals surface area contributed by atoms with Crippen molar-refractivity contribution in [3.05, 3.63) is 186 Å². The quantitative estimate of drug-likeness (QED) is 0.0687. The van der Waals surface area contributed by atoms with Crippen molar-refractivity contribution >= 4 is 52.4 Å². The predicted molar refractivity (Wildman–Crippen MR) is 337 cm³/mol. The highest BCUT2D eigenvalue weighted by atomic mass is 32.1. The number of anilines is 3. The fourth-order valence-corrected chi connectivity index (χ4v) is 15.2. The molecule has 0 saturated heterocycles. The van der Waals surface area contributed by atoms with Crippen molar-refractivity contribution in [3.63, 3.8) is 0 Å². The zero-order valence-electron chi connectivity index (χ0n) is 48.0. The van der Waals surface area contributed by atoms with Crippen LogP contribution in [0.3, 0.4) is 0 Å². The van der Waals surface area contributed by atoms with E-state index in [0.717, 1.165) is 86.1 Å². The summed E-state index contributed by atoms with van der Waals surface area (Å²) in [5, 5.41) is 22.4. The van der Waals surface area contributed by atoms with Crippen molar-refractivity contribution in [1.82, 2.24) is 4.57 Å². The van der Waals surface area contributed by atoms with E-state index in [9.17, 15) is 15.2 Å². The monoisotopic (exact) mass is 1080 g/mol. The number of unbranched alkanes of at least 4 members (excludes halogenated alkanes) is 7. The van der Waals surface area contributed by atoms with Crippen LogP contribution >= 0.6 is 22.7 Å². The molecule has 1 N–H and O–H groups in total. The number of hydrogen-bond acceptors (Lipinski definition) is 6. The molecule has 406 valence electrons. The molecular weight excluding hydrogens is 1000 g/mol. The van der Waals surface area contributed by atoms with Crippen molar-refractivity contribution in [2.24, 2.45) is 5.92 Å². The van der Waals surface area contributed by atoms with Gasteiger partial charge in [-0.25, -0.2) is 0 Å². The van der Waals surface area contributed by atoms with Crippen molar-refractivity contribution < 1.29 is 5.11 Å². The summed E-state index contributed by atoms with van der Waals surface area (Å²) in [5.74, 6) is -0.0561. The lowest BCUT2D eigenvalue weighted by molar-refractivity contribution is 0.338. The van der Waals surface area contributed by atoms with Crippen molar-refractivity contribution in [3.8, 4) is 54.4 Å². The van der Waals surface area contributed by atoms with Crippen LogP contribution in [0, 0.1) is 17.2 Å². The minimum atomic E-state index is -0.283. The minimum Gasteiger partial charge on any atom is -0.493 e. The van der Waals surface area contributed by atoms with Gasteiger partial charge in [0.1, 0.15) is 11.6 Å². The lowest BCUT2D eigenvalue weighted by Crippen LogP contribution is -2.46. The summed E-state index contributed by atoms with van der Waals surface area (Å²) in [5.41, 5.74) is 17.4. The second-order valence-corrected chi connectivity index (χ2v) is 25.6. The smallest absolute Gasteiger partial charge is 0.261 e. The van der Waals surface area contributed by atoms with Crippen molar-refractivity contribution in [2.75, 3.05) is 4.90 Å². The van der Waals surface area contributed by atoms with Gasteiger partial charge in [0.05, 0.1) is 0 Å². The first-order valence-electron chi connectivity index (χ1n) is 29.5. The molecule has 7 heteroatoms.